The van der Waals surface area contributed by atoms with Gasteiger partial charge in [-0.1, -0.05) is 55.6 Å². The van der Waals surface area contributed by atoms with Gasteiger partial charge in [-0.05, 0) is 0 Å². The van der Waals surface area contributed by atoms with Gasteiger partial charge in [0.1, 0.15) is 6.61 Å². The van der Waals surface area contributed by atoms with Gasteiger partial charge in [-0.25, -0.2) is 0 Å². The Labute approximate surface area is 74.0 Å². The molecule has 0 unspecified atom stereocenters. The van der Waals surface area contributed by atoms with E-state index in [0.717, 1.165) is 0 Å². The summed E-state index contributed by atoms with van der Waals surface area (Å²) in [5.74, 6) is 0. The van der Waals surface area contributed by atoms with Crippen LogP contribution in [0.4, 0.5) is 0 Å². The molecule has 0 heterocycles. The highest BCUT2D eigenvalue weighted by atomic mass is 16.5. The maximum atomic E-state index is 4.63. The van der Waals surface area contributed by atoms with E-state index in [1.165, 1.54) is 6.26 Å². The Balaban J connectivity index is 0.000000202. The standard InChI is InChI=1S/C6H6.C5H8O/c1-2-4-6-5-3-1;1-3-5-6-4-2/h1-6H;3-4H,1-2,5H2. The highest BCUT2D eigenvalue weighted by Crippen LogP contribution is 1.79. The number of ether oxygens (including phenoxy) is 1. The van der Waals surface area contributed by atoms with Crippen LogP contribution in [0.15, 0.2) is 61.9 Å². The lowest BCUT2D eigenvalue weighted by Gasteiger charge is -1.86. The van der Waals surface area contributed by atoms with Crippen LogP contribution in [0.1, 0.15) is 0 Å². The monoisotopic (exact) mass is 162 g/mol. The van der Waals surface area contributed by atoms with Crippen LogP contribution in [0.2, 0.25) is 0 Å². The topological polar surface area (TPSA) is 9.23 Å². The molecule has 1 aromatic rings. The van der Waals surface area contributed by atoms with Gasteiger partial charge in [0.15, 0.2) is 0 Å². The third-order valence-corrected chi connectivity index (χ3v) is 0.999. The van der Waals surface area contributed by atoms with E-state index in [1.807, 2.05) is 36.4 Å². The van der Waals surface area contributed by atoms with Gasteiger partial charge in [0.2, 0.25) is 0 Å². The molecule has 1 heteroatoms. The first-order chi connectivity index (χ1) is 5.91. The smallest absolute Gasteiger partial charge is 0.105 e. The lowest BCUT2D eigenvalue weighted by molar-refractivity contribution is 0.291. The second-order valence-electron chi connectivity index (χ2n) is 1.94. The maximum absolute atomic E-state index is 4.63. The van der Waals surface area contributed by atoms with Gasteiger partial charge in [-0.15, -0.1) is 0 Å². The molecule has 0 aromatic heterocycles. The lowest BCUT2D eigenvalue weighted by atomic mass is 10.4. The van der Waals surface area contributed by atoms with Crippen molar-refractivity contribution in [3.8, 4) is 0 Å². The first kappa shape index (κ1) is 10.5. The second kappa shape index (κ2) is 9.50. The average Bonchev–Trinajstić information content (AvgIpc) is 2.18. The average molecular weight is 162 g/mol. The second-order valence-corrected chi connectivity index (χ2v) is 1.94. The van der Waals surface area contributed by atoms with Crippen molar-refractivity contribution in [3.05, 3.63) is 61.9 Å². The minimum Gasteiger partial charge on any atom is -0.498 e. The van der Waals surface area contributed by atoms with Crippen LogP contribution in [0, 0.1) is 0 Å². The van der Waals surface area contributed by atoms with Crippen LogP contribution in [-0.4, -0.2) is 6.61 Å². The third kappa shape index (κ3) is 8.50. The van der Waals surface area contributed by atoms with Gasteiger partial charge < -0.3 is 4.74 Å². The van der Waals surface area contributed by atoms with Crippen molar-refractivity contribution in [2.45, 2.75) is 0 Å². The summed E-state index contributed by atoms with van der Waals surface area (Å²) in [6.45, 7) is 7.31. The quantitative estimate of drug-likeness (QED) is 0.377. The molecule has 0 atom stereocenters. The summed E-state index contributed by atoms with van der Waals surface area (Å²) in [4.78, 5) is 0. The summed E-state index contributed by atoms with van der Waals surface area (Å²) in [5.41, 5.74) is 0. The first-order valence-electron chi connectivity index (χ1n) is 3.75. The Morgan fingerprint density at radius 2 is 1.33 bits per heavy atom. The Hall–Kier alpha value is -1.50. The fourth-order valence-corrected chi connectivity index (χ4v) is 0.521. The van der Waals surface area contributed by atoms with Crippen LogP contribution in [0.5, 0.6) is 0 Å². The summed E-state index contributed by atoms with van der Waals surface area (Å²) in [6.07, 6.45) is 3.06. The van der Waals surface area contributed by atoms with E-state index in [1.54, 1.807) is 6.08 Å². The molecule has 0 fully saturated rings. The Kier molecular flexibility index (Phi) is 8.31. The number of hydrogen-bond donors (Lipinski definition) is 0. The minimum atomic E-state index is 0.559. The largest absolute Gasteiger partial charge is 0.498 e. The molecule has 12 heavy (non-hydrogen) atoms. The van der Waals surface area contributed by atoms with E-state index < -0.39 is 0 Å². The van der Waals surface area contributed by atoms with Crippen LogP contribution in [0.3, 0.4) is 0 Å². The van der Waals surface area contributed by atoms with Crippen molar-refractivity contribution in [2.75, 3.05) is 6.61 Å². The Morgan fingerprint density at radius 1 is 0.917 bits per heavy atom. The molecule has 0 aliphatic carbocycles. The summed E-state index contributed by atoms with van der Waals surface area (Å²) in [7, 11) is 0. The lowest BCUT2D eigenvalue weighted by Crippen LogP contribution is -1.75. The van der Waals surface area contributed by atoms with Crippen molar-refractivity contribution in [3.63, 3.8) is 0 Å². The molecule has 0 saturated heterocycles. The maximum Gasteiger partial charge on any atom is 0.105 e. The van der Waals surface area contributed by atoms with Gasteiger partial charge in [0.25, 0.3) is 0 Å². The molecule has 64 valence electrons. The van der Waals surface area contributed by atoms with Crippen molar-refractivity contribution in [1.29, 1.82) is 0 Å². The molecular formula is C11H14O. The molecule has 0 N–H and O–H groups in total. The first-order valence-corrected chi connectivity index (χ1v) is 3.75. The molecule has 1 aromatic carbocycles. The molecule has 1 rings (SSSR count). The predicted octanol–water partition coefficient (Wildman–Crippen LogP) is 3.02. The minimum absolute atomic E-state index is 0.559. The SMILES string of the molecule is C=CCOC=C.c1ccccc1. The summed E-state index contributed by atoms with van der Waals surface area (Å²) < 4.78 is 4.63. The van der Waals surface area contributed by atoms with Gasteiger partial charge >= 0.3 is 0 Å². The zero-order valence-corrected chi connectivity index (χ0v) is 7.15. The van der Waals surface area contributed by atoms with Crippen LogP contribution in [0.25, 0.3) is 0 Å². The molecule has 0 aliphatic heterocycles. The number of benzene rings is 1. The zero-order valence-electron chi connectivity index (χ0n) is 7.15. The molecular weight excluding hydrogens is 148 g/mol. The highest BCUT2D eigenvalue weighted by molar-refractivity contribution is 4.99. The van der Waals surface area contributed by atoms with E-state index >= 15 is 0 Å². The predicted molar refractivity (Wildman–Crippen MR) is 52.8 cm³/mol. The molecule has 0 spiro atoms. The van der Waals surface area contributed by atoms with Gasteiger partial charge in [-0.3, -0.25) is 0 Å². The number of rotatable bonds is 3. The zero-order chi connectivity index (χ0) is 9.07. The molecule has 0 radical (unpaired) electrons. The highest BCUT2D eigenvalue weighted by Gasteiger charge is 1.61. The molecule has 0 bridgehead atoms. The van der Waals surface area contributed by atoms with E-state index in [-0.39, 0.29) is 0 Å². The van der Waals surface area contributed by atoms with Gasteiger partial charge in [0.05, 0.1) is 6.26 Å². The van der Waals surface area contributed by atoms with Crippen molar-refractivity contribution >= 4 is 0 Å². The van der Waals surface area contributed by atoms with Gasteiger partial charge in [0, 0.05) is 0 Å². The van der Waals surface area contributed by atoms with E-state index in [9.17, 15) is 0 Å². The normalized spacial score (nSPS) is 7.33. The summed E-state index contributed by atoms with van der Waals surface area (Å²) in [6, 6.07) is 12.0. The summed E-state index contributed by atoms with van der Waals surface area (Å²) >= 11 is 0. The number of hydrogen-bond acceptors (Lipinski definition) is 1. The molecule has 0 saturated carbocycles. The molecule has 1 nitrogen and oxygen atoms in total. The Morgan fingerprint density at radius 3 is 1.50 bits per heavy atom. The fraction of sp³-hybridized carbons (Fsp3) is 0.0909. The van der Waals surface area contributed by atoms with E-state index in [2.05, 4.69) is 17.9 Å². The molecule has 0 amide bonds. The van der Waals surface area contributed by atoms with Gasteiger partial charge in [-0.2, -0.15) is 0 Å². The van der Waals surface area contributed by atoms with Crippen LogP contribution >= 0.6 is 0 Å². The van der Waals surface area contributed by atoms with Crippen LogP contribution < -0.4 is 0 Å². The van der Waals surface area contributed by atoms with Crippen molar-refractivity contribution < 1.29 is 4.74 Å². The van der Waals surface area contributed by atoms with Crippen LogP contribution in [-0.2, 0) is 4.74 Å². The van der Waals surface area contributed by atoms with Crippen molar-refractivity contribution in [2.24, 2.45) is 0 Å². The Bertz CT molecular complexity index is 157. The molecule has 0 aliphatic rings. The summed E-state index contributed by atoms with van der Waals surface area (Å²) in [5, 5.41) is 0. The third-order valence-electron chi connectivity index (χ3n) is 0.999. The van der Waals surface area contributed by atoms with Crippen molar-refractivity contribution in [1.82, 2.24) is 0 Å². The van der Waals surface area contributed by atoms with E-state index in [0.29, 0.717) is 6.61 Å². The van der Waals surface area contributed by atoms with E-state index in [4.69, 9.17) is 0 Å². The fourth-order valence-electron chi connectivity index (χ4n) is 0.521.